The van der Waals surface area contributed by atoms with E-state index in [1.807, 2.05) is 31.7 Å². The van der Waals surface area contributed by atoms with Crippen molar-refractivity contribution in [2.75, 3.05) is 20.1 Å². The second-order valence-corrected chi connectivity index (χ2v) is 7.15. The summed E-state index contributed by atoms with van der Waals surface area (Å²) in [6.07, 6.45) is 1.93. The van der Waals surface area contributed by atoms with Gasteiger partial charge in [-0.2, -0.15) is 0 Å². The van der Waals surface area contributed by atoms with Crippen LogP contribution in [0.3, 0.4) is 0 Å². The summed E-state index contributed by atoms with van der Waals surface area (Å²) in [5.74, 6) is 0. The first-order valence-electron chi connectivity index (χ1n) is 8.07. The van der Waals surface area contributed by atoms with Crippen LogP contribution in [0.25, 0.3) is 0 Å². The van der Waals surface area contributed by atoms with Gasteiger partial charge in [-0.05, 0) is 46.2 Å². The molecular formula is C18H28N2O2. The van der Waals surface area contributed by atoms with Crippen LogP contribution < -0.4 is 0 Å². The van der Waals surface area contributed by atoms with Crippen molar-refractivity contribution in [2.24, 2.45) is 0 Å². The van der Waals surface area contributed by atoms with Gasteiger partial charge < -0.3 is 14.5 Å². The van der Waals surface area contributed by atoms with Crippen LogP contribution in [0.5, 0.6) is 0 Å². The number of ether oxygens (including phenoxy) is 1. The minimum absolute atomic E-state index is 0.178. The van der Waals surface area contributed by atoms with E-state index in [9.17, 15) is 4.79 Å². The summed E-state index contributed by atoms with van der Waals surface area (Å²) in [4.78, 5) is 16.5. The molecule has 0 aromatic heterocycles. The summed E-state index contributed by atoms with van der Waals surface area (Å²) in [6, 6.07) is 10.7. The van der Waals surface area contributed by atoms with Crippen molar-refractivity contribution in [3.05, 3.63) is 35.9 Å². The quantitative estimate of drug-likeness (QED) is 0.853. The fourth-order valence-electron chi connectivity index (χ4n) is 2.91. The van der Waals surface area contributed by atoms with E-state index in [4.69, 9.17) is 4.74 Å². The molecule has 2 rings (SSSR count). The van der Waals surface area contributed by atoms with E-state index in [1.165, 1.54) is 5.56 Å². The minimum atomic E-state index is -0.430. The molecule has 1 aromatic rings. The number of carbonyl (C=O) groups excluding carboxylic acids is 1. The van der Waals surface area contributed by atoms with Crippen LogP contribution in [-0.4, -0.2) is 47.7 Å². The standard InChI is InChI=1S/C18H28N2O2/c1-18(2,3)22-17(21)20-12-8-11-16(20)14-19(4)13-15-9-6-5-7-10-15/h5-7,9-10,16H,8,11-14H2,1-4H3/t16-/m0/s1. The van der Waals surface area contributed by atoms with Gasteiger partial charge in [0.05, 0.1) is 0 Å². The molecule has 1 saturated heterocycles. The zero-order valence-corrected chi connectivity index (χ0v) is 14.2. The number of amides is 1. The topological polar surface area (TPSA) is 32.8 Å². The minimum Gasteiger partial charge on any atom is -0.444 e. The number of carbonyl (C=O) groups is 1. The number of hydrogen-bond acceptors (Lipinski definition) is 3. The predicted octanol–water partition coefficient (Wildman–Crippen LogP) is 3.52. The molecule has 1 aromatic carbocycles. The average Bonchev–Trinajstić information content (AvgIpc) is 2.86. The van der Waals surface area contributed by atoms with Crippen LogP contribution in [0.1, 0.15) is 39.2 Å². The molecule has 122 valence electrons. The molecule has 0 bridgehead atoms. The van der Waals surface area contributed by atoms with Gasteiger partial charge in [0.15, 0.2) is 0 Å². The molecule has 0 aliphatic carbocycles. The van der Waals surface area contributed by atoms with Crippen LogP contribution in [0.15, 0.2) is 30.3 Å². The molecule has 0 N–H and O–H groups in total. The molecule has 1 aliphatic rings. The number of likely N-dealkylation sites (tertiary alicyclic amines) is 1. The largest absolute Gasteiger partial charge is 0.444 e. The van der Waals surface area contributed by atoms with E-state index >= 15 is 0 Å². The average molecular weight is 304 g/mol. The third kappa shape index (κ3) is 5.02. The molecule has 4 heteroatoms. The Kier molecular flexibility index (Phi) is 5.46. The van der Waals surface area contributed by atoms with Gasteiger partial charge in [-0.3, -0.25) is 0 Å². The van der Waals surface area contributed by atoms with Gasteiger partial charge in [-0.15, -0.1) is 0 Å². The molecule has 1 amide bonds. The molecule has 22 heavy (non-hydrogen) atoms. The first-order valence-corrected chi connectivity index (χ1v) is 8.07. The number of benzene rings is 1. The van der Waals surface area contributed by atoms with E-state index in [-0.39, 0.29) is 12.1 Å². The second-order valence-electron chi connectivity index (χ2n) is 7.15. The number of hydrogen-bond donors (Lipinski definition) is 0. The molecule has 1 atom stereocenters. The van der Waals surface area contributed by atoms with E-state index < -0.39 is 5.60 Å². The summed E-state index contributed by atoms with van der Waals surface area (Å²) in [5, 5.41) is 0. The number of nitrogens with zero attached hydrogens (tertiary/aromatic N) is 2. The van der Waals surface area contributed by atoms with Crippen molar-refractivity contribution < 1.29 is 9.53 Å². The Labute approximate surface area is 134 Å². The number of rotatable bonds is 4. The van der Waals surface area contributed by atoms with Crippen molar-refractivity contribution in [1.29, 1.82) is 0 Å². The van der Waals surface area contributed by atoms with Gasteiger partial charge in [0, 0.05) is 25.7 Å². The SMILES string of the molecule is CN(Cc1ccccc1)C[C@@H]1CCCN1C(=O)OC(C)(C)C. The van der Waals surface area contributed by atoms with Gasteiger partial charge in [0.1, 0.15) is 5.60 Å². The summed E-state index contributed by atoms with van der Waals surface area (Å²) >= 11 is 0. The van der Waals surface area contributed by atoms with Gasteiger partial charge in [-0.25, -0.2) is 4.79 Å². The van der Waals surface area contributed by atoms with Crippen molar-refractivity contribution >= 4 is 6.09 Å². The van der Waals surface area contributed by atoms with E-state index in [2.05, 4.69) is 36.2 Å². The lowest BCUT2D eigenvalue weighted by atomic mass is 10.2. The molecule has 1 fully saturated rings. The van der Waals surface area contributed by atoms with Crippen LogP contribution >= 0.6 is 0 Å². The summed E-state index contributed by atoms with van der Waals surface area (Å²) < 4.78 is 5.52. The third-order valence-electron chi connectivity index (χ3n) is 3.82. The zero-order valence-electron chi connectivity index (χ0n) is 14.2. The fraction of sp³-hybridized carbons (Fsp3) is 0.611. The number of likely N-dealkylation sites (N-methyl/N-ethyl adjacent to an activating group) is 1. The highest BCUT2D eigenvalue weighted by Crippen LogP contribution is 2.21. The highest BCUT2D eigenvalue weighted by Gasteiger charge is 2.32. The molecule has 1 aliphatic heterocycles. The van der Waals surface area contributed by atoms with Crippen LogP contribution in [0.4, 0.5) is 4.79 Å². The molecule has 4 nitrogen and oxygen atoms in total. The predicted molar refractivity (Wildman–Crippen MR) is 88.7 cm³/mol. The van der Waals surface area contributed by atoms with Gasteiger partial charge in [0.25, 0.3) is 0 Å². The normalized spacial score (nSPS) is 18.8. The monoisotopic (exact) mass is 304 g/mol. The van der Waals surface area contributed by atoms with Gasteiger partial charge >= 0.3 is 6.09 Å². The lowest BCUT2D eigenvalue weighted by Crippen LogP contribution is -2.44. The first-order chi connectivity index (χ1) is 10.3. The molecule has 1 heterocycles. The van der Waals surface area contributed by atoms with Crippen molar-refractivity contribution in [3.63, 3.8) is 0 Å². The summed E-state index contributed by atoms with van der Waals surface area (Å²) in [5.41, 5.74) is 0.868. The summed E-state index contributed by atoms with van der Waals surface area (Å²) in [6.45, 7) is 8.33. The van der Waals surface area contributed by atoms with Gasteiger partial charge in [-0.1, -0.05) is 30.3 Å². The Balaban J connectivity index is 1.89. The third-order valence-corrected chi connectivity index (χ3v) is 3.82. The van der Waals surface area contributed by atoms with Crippen LogP contribution in [0.2, 0.25) is 0 Å². The lowest BCUT2D eigenvalue weighted by molar-refractivity contribution is 0.0201. The molecule has 0 unspecified atom stereocenters. The lowest BCUT2D eigenvalue weighted by Gasteiger charge is -2.31. The maximum Gasteiger partial charge on any atom is 0.410 e. The smallest absolute Gasteiger partial charge is 0.410 e. The van der Waals surface area contributed by atoms with Crippen molar-refractivity contribution in [2.45, 2.75) is 51.8 Å². The van der Waals surface area contributed by atoms with Crippen LogP contribution in [-0.2, 0) is 11.3 Å². The highest BCUT2D eigenvalue weighted by molar-refractivity contribution is 5.69. The Hall–Kier alpha value is -1.55. The van der Waals surface area contributed by atoms with E-state index in [1.54, 1.807) is 0 Å². The molecule has 0 spiro atoms. The Morgan fingerprint density at radius 1 is 1.32 bits per heavy atom. The Morgan fingerprint density at radius 3 is 2.64 bits per heavy atom. The first kappa shape index (κ1) is 16.8. The van der Waals surface area contributed by atoms with E-state index in [0.29, 0.717) is 0 Å². The summed E-state index contributed by atoms with van der Waals surface area (Å²) in [7, 11) is 2.11. The molecule has 0 saturated carbocycles. The molecular weight excluding hydrogens is 276 g/mol. The molecule has 0 radical (unpaired) electrons. The van der Waals surface area contributed by atoms with Crippen LogP contribution in [0, 0.1) is 0 Å². The highest BCUT2D eigenvalue weighted by atomic mass is 16.6. The Bertz CT molecular complexity index is 482. The Morgan fingerprint density at radius 2 is 2.00 bits per heavy atom. The van der Waals surface area contributed by atoms with Gasteiger partial charge in [0.2, 0.25) is 0 Å². The van der Waals surface area contributed by atoms with Crippen molar-refractivity contribution in [1.82, 2.24) is 9.80 Å². The zero-order chi connectivity index (χ0) is 16.2. The van der Waals surface area contributed by atoms with Crippen molar-refractivity contribution in [3.8, 4) is 0 Å². The second kappa shape index (κ2) is 7.14. The van der Waals surface area contributed by atoms with E-state index in [0.717, 1.165) is 32.5 Å². The maximum atomic E-state index is 12.3. The maximum absolute atomic E-state index is 12.3. The fourth-order valence-corrected chi connectivity index (χ4v) is 2.91.